The van der Waals surface area contributed by atoms with Gasteiger partial charge in [-0.1, -0.05) is 0 Å². The van der Waals surface area contributed by atoms with Gasteiger partial charge in [0.1, 0.15) is 0 Å². The normalized spacial score (nSPS) is 19.2. The van der Waals surface area contributed by atoms with E-state index >= 15 is 0 Å². The SMILES string of the molecule is COC(=O)CC1(OC(C(F)(F)F)C(F)(F)F)CCC1. The highest BCUT2D eigenvalue weighted by atomic mass is 19.4. The number of ether oxygens (including phenoxy) is 2. The molecule has 19 heavy (non-hydrogen) atoms. The Kier molecular flexibility index (Phi) is 4.38. The number of alkyl halides is 6. The van der Waals surface area contributed by atoms with Gasteiger partial charge in [0.2, 0.25) is 6.10 Å². The van der Waals surface area contributed by atoms with Crippen LogP contribution in [0.1, 0.15) is 25.7 Å². The molecule has 0 aliphatic heterocycles. The Hall–Kier alpha value is -0.990. The average molecular weight is 294 g/mol. The molecule has 1 saturated carbocycles. The maximum Gasteiger partial charge on any atom is 0.423 e. The minimum atomic E-state index is -5.57. The van der Waals surface area contributed by atoms with Crippen LogP contribution in [-0.2, 0) is 14.3 Å². The van der Waals surface area contributed by atoms with Gasteiger partial charge in [-0.05, 0) is 19.3 Å². The molecule has 0 aromatic rings. The van der Waals surface area contributed by atoms with Crippen molar-refractivity contribution < 1.29 is 40.6 Å². The highest BCUT2D eigenvalue weighted by molar-refractivity contribution is 5.70. The number of esters is 1. The Labute approximate surface area is 104 Å². The second-order valence-electron chi connectivity index (χ2n) is 4.37. The van der Waals surface area contributed by atoms with Crippen LogP contribution in [0.15, 0.2) is 0 Å². The van der Waals surface area contributed by atoms with Crippen molar-refractivity contribution in [2.75, 3.05) is 7.11 Å². The number of hydrogen-bond donors (Lipinski definition) is 0. The van der Waals surface area contributed by atoms with Crippen LogP contribution in [0.25, 0.3) is 0 Å². The third-order valence-corrected chi connectivity index (χ3v) is 2.92. The highest BCUT2D eigenvalue weighted by Crippen LogP contribution is 2.45. The first-order valence-electron chi connectivity index (χ1n) is 5.38. The first kappa shape index (κ1) is 16.1. The molecule has 0 radical (unpaired) electrons. The molecule has 3 nitrogen and oxygen atoms in total. The van der Waals surface area contributed by atoms with Crippen LogP contribution in [0, 0.1) is 0 Å². The molecule has 0 atom stereocenters. The molecule has 1 rings (SSSR count). The van der Waals surface area contributed by atoms with Crippen LogP contribution in [0.3, 0.4) is 0 Å². The van der Waals surface area contributed by atoms with Crippen LogP contribution < -0.4 is 0 Å². The summed E-state index contributed by atoms with van der Waals surface area (Å²) in [5.74, 6) is -0.900. The van der Waals surface area contributed by atoms with E-state index < -0.39 is 36.4 Å². The first-order chi connectivity index (χ1) is 8.50. The van der Waals surface area contributed by atoms with Gasteiger partial charge in [-0.25, -0.2) is 0 Å². The third kappa shape index (κ3) is 3.99. The van der Waals surface area contributed by atoms with Gasteiger partial charge in [-0.2, -0.15) is 26.3 Å². The molecule has 0 heterocycles. The van der Waals surface area contributed by atoms with Crippen molar-refractivity contribution in [2.24, 2.45) is 0 Å². The fourth-order valence-corrected chi connectivity index (χ4v) is 1.81. The van der Waals surface area contributed by atoms with E-state index in [1.54, 1.807) is 0 Å². The maximum absolute atomic E-state index is 12.4. The molecule has 0 aromatic carbocycles. The summed E-state index contributed by atoms with van der Waals surface area (Å²) in [6.07, 6.45) is -15.3. The molecule has 1 fully saturated rings. The molecule has 0 N–H and O–H groups in total. The molecule has 0 unspecified atom stereocenters. The van der Waals surface area contributed by atoms with Crippen LogP contribution >= 0.6 is 0 Å². The van der Waals surface area contributed by atoms with E-state index in [2.05, 4.69) is 9.47 Å². The van der Waals surface area contributed by atoms with Crippen molar-refractivity contribution in [3.63, 3.8) is 0 Å². The minimum Gasteiger partial charge on any atom is -0.469 e. The monoisotopic (exact) mass is 294 g/mol. The zero-order valence-corrected chi connectivity index (χ0v) is 9.90. The van der Waals surface area contributed by atoms with Crippen molar-refractivity contribution in [1.82, 2.24) is 0 Å². The summed E-state index contributed by atoms with van der Waals surface area (Å²) in [7, 11) is 1.000. The van der Waals surface area contributed by atoms with E-state index in [1.807, 2.05) is 0 Å². The summed E-state index contributed by atoms with van der Waals surface area (Å²) < 4.78 is 82.7. The predicted octanol–water partition coefficient (Wildman–Crippen LogP) is 2.98. The van der Waals surface area contributed by atoms with Crippen molar-refractivity contribution in [3.8, 4) is 0 Å². The van der Waals surface area contributed by atoms with E-state index in [1.165, 1.54) is 0 Å². The number of carbonyl (C=O) groups excluding carboxylic acids is 1. The molecule has 1 aliphatic rings. The average Bonchev–Trinajstić information content (AvgIpc) is 2.17. The molecule has 112 valence electrons. The molecule has 0 amide bonds. The lowest BCUT2D eigenvalue weighted by molar-refractivity contribution is -0.352. The molecule has 1 aliphatic carbocycles. The Morgan fingerprint density at radius 3 is 1.89 bits per heavy atom. The van der Waals surface area contributed by atoms with Gasteiger partial charge >= 0.3 is 18.3 Å². The van der Waals surface area contributed by atoms with Crippen molar-refractivity contribution in [3.05, 3.63) is 0 Å². The number of methoxy groups -OCH3 is 1. The van der Waals surface area contributed by atoms with Crippen LogP contribution in [0.4, 0.5) is 26.3 Å². The fraction of sp³-hybridized carbons (Fsp3) is 0.900. The zero-order chi connectivity index (χ0) is 14.9. The van der Waals surface area contributed by atoms with E-state index in [4.69, 9.17) is 0 Å². The topological polar surface area (TPSA) is 35.5 Å². The molecule has 0 aromatic heterocycles. The lowest BCUT2D eigenvalue weighted by Gasteiger charge is -2.43. The third-order valence-electron chi connectivity index (χ3n) is 2.92. The number of carbonyl (C=O) groups is 1. The molecular formula is C10H12F6O3. The lowest BCUT2D eigenvalue weighted by Crippen LogP contribution is -2.54. The summed E-state index contributed by atoms with van der Waals surface area (Å²) in [6, 6.07) is 0. The Bertz CT molecular complexity index is 317. The Balaban J connectivity index is 2.85. The molecule has 0 bridgehead atoms. The van der Waals surface area contributed by atoms with Crippen LogP contribution in [0.5, 0.6) is 0 Å². The second kappa shape index (κ2) is 5.18. The summed E-state index contributed by atoms with van der Waals surface area (Å²) >= 11 is 0. The zero-order valence-electron chi connectivity index (χ0n) is 9.90. The smallest absolute Gasteiger partial charge is 0.423 e. The quantitative estimate of drug-likeness (QED) is 0.590. The van der Waals surface area contributed by atoms with Crippen LogP contribution in [-0.4, -0.2) is 37.1 Å². The van der Waals surface area contributed by atoms with E-state index in [0.29, 0.717) is 6.42 Å². The Morgan fingerprint density at radius 2 is 1.63 bits per heavy atom. The van der Waals surface area contributed by atoms with Crippen molar-refractivity contribution in [2.45, 2.75) is 49.7 Å². The number of halogens is 6. The van der Waals surface area contributed by atoms with Gasteiger partial charge in [0.25, 0.3) is 0 Å². The fourth-order valence-electron chi connectivity index (χ4n) is 1.81. The highest BCUT2D eigenvalue weighted by Gasteiger charge is 2.61. The van der Waals surface area contributed by atoms with Gasteiger partial charge in [-0.15, -0.1) is 0 Å². The molecule has 9 heteroatoms. The number of hydrogen-bond acceptors (Lipinski definition) is 3. The summed E-state index contributed by atoms with van der Waals surface area (Å²) in [4.78, 5) is 11.0. The molecular weight excluding hydrogens is 282 g/mol. The second-order valence-corrected chi connectivity index (χ2v) is 4.37. The largest absolute Gasteiger partial charge is 0.469 e. The van der Waals surface area contributed by atoms with Gasteiger partial charge in [0.15, 0.2) is 0 Å². The van der Waals surface area contributed by atoms with Gasteiger partial charge in [-0.3, -0.25) is 4.79 Å². The van der Waals surface area contributed by atoms with E-state index in [0.717, 1.165) is 7.11 Å². The van der Waals surface area contributed by atoms with Gasteiger partial charge < -0.3 is 9.47 Å². The minimum absolute atomic E-state index is 0.0369. The number of rotatable bonds is 4. The van der Waals surface area contributed by atoms with E-state index in [-0.39, 0.29) is 12.8 Å². The lowest BCUT2D eigenvalue weighted by atomic mass is 9.77. The van der Waals surface area contributed by atoms with Crippen molar-refractivity contribution in [1.29, 1.82) is 0 Å². The standard InChI is InChI=1S/C10H12F6O3/c1-18-6(17)5-8(3-2-4-8)19-7(9(11,12)13)10(14,15)16/h7H,2-5H2,1H3. The summed E-state index contributed by atoms with van der Waals surface area (Å²) in [5.41, 5.74) is -1.73. The van der Waals surface area contributed by atoms with Crippen molar-refractivity contribution >= 4 is 5.97 Å². The summed E-state index contributed by atoms with van der Waals surface area (Å²) in [6.45, 7) is 0. The maximum atomic E-state index is 12.4. The molecule has 0 saturated heterocycles. The Morgan fingerprint density at radius 1 is 1.16 bits per heavy atom. The predicted molar refractivity (Wildman–Crippen MR) is 50.2 cm³/mol. The van der Waals surface area contributed by atoms with E-state index in [9.17, 15) is 31.1 Å². The van der Waals surface area contributed by atoms with Gasteiger partial charge in [0, 0.05) is 0 Å². The molecule has 0 spiro atoms. The van der Waals surface area contributed by atoms with Gasteiger partial charge in [0.05, 0.1) is 19.1 Å². The first-order valence-corrected chi connectivity index (χ1v) is 5.38. The summed E-state index contributed by atoms with van der Waals surface area (Å²) in [5, 5.41) is 0. The van der Waals surface area contributed by atoms with Crippen LogP contribution in [0.2, 0.25) is 0 Å².